The maximum absolute atomic E-state index is 11.6. The molecule has 3 nitrogen and oxygen atoms in total. The molecule has 0 aliphatic heterocycles. The Labute approximate surface area is 98.3 Å². The van der Waals surface area contributed by atoms with Crippen LogP contribution in [0.4, 0.5) is 0 Å². The molecule has 1 heterocycles. The van der Waals surface area contributed by atoms with Crippen LogP contribution in [0.25, 0.3) is 0 Å². The first-order valence-electron chi connectivity index (χ1n) is 4.93. The van der Waals surface area contributed by atoms with Crippen molar-refractivity contribution in [1.82, 2.24) is 9.55 Å². The van der Waals surface area contributed by atoms with Crippen LogP contribution in [0.3, 0.4) is 0 Å². The van der Waals surface area contributed by atoms with Crippen molar-refractivity contribution in [2.75, 3.05) is 0 Å². The predicted molar refractivity (Wildman–Crippen MR) is 63.8 cm³/mol. The van der Waals surface area contributed by atoms with Crippen LogP contribution < -0.4 is 5.56 Å². The van der Waals surface area contributed by atoms with Gasteiger partial charge in [-0.3, -0.25) is 4.79 Å². The summed E-state index contributed by atoms with van der Waals surface area (Å²) in [7, 11) is 0. The zero-order chi connectivity index (χ0) is 11.5. The van der Waals surface area contributed by atoms with Crippen LogP contribution in [0.2, 0.25) is 5.15 Å². The Morgan fingerprint density at radius 2 is 2.00 bits per heavy atom. The summed E-state index contributed by atoms with van der Waals surface area (Å²) >= 11 is 5.66. The van der Waals surface area contributed by atoms with Gasteiger partial charge in [0, 0.05) is 12.4 Å². The van der Waals surface area contributed by atoms with E-state index < -0.39 is 0 Å². The lowest BCUT2D eigenvalue weighted by Crippen LogP contribution is -2.21. The molecule has 16 heavy (non-hydrogen) atoms. The van der Waals surface area contributed by atoms with Gasteiger partial charge in [0.15, 0.2) is 5.15 Å². The molecule has 0 saturated heterocycles. The molecule has 0 saturated carbocycles. The Hall–Kier alpha value is -1.61. The zero-order valence-electron chi connectivity index (χ0n) is 8.85. The number of rotatable bonds is 2. The van der Waals surface area contributed by atoms with Gasteiger partial charge in [-0.15, -0.1) is 0 Å². The molecule has 0 atom stereocenters. The highest BCUT2D eigenvalue weighted by Gasteiger charge is 2.01. The molecule has 0 N–H and O–H groups in total. The van der Waals surface area contributed by atoms with E-state index in [4.69, 9.17) is 11.6 Å². The maximum atomic E-state index is 11.6. The lowest BCUT2D eigenvalue weighted by atomic mass is 10.1. The molecule has 0 aliphatic rings. The molecule has 1 aromatic heterocycles. The summed E-state index contributed by atoms with van der Waals surface area (Å²) in [5, 5.41) is 0.00890. The van der Waals surface area contributed by atoms with E-state index >= 15 is 0 Å². The van der Waals surface area contributed by atoms with Gasteiger partial charge in [-0.25, -0.2) is 4.98 Å². The third kappa shape index (κ3) is 2.31. The summed E-state index contributed by atoms with van der Waals surface area (Å²) in [6.07, 6.45) is 3.16. The average molecular weight is 235 g/mol. The number of nitrogens with zero attached hydrogens (tertiary/aromatic N) is 2. The van der Waals surface area contributed by atoms with Gasteiger partial charge in [-0.1, -0.05) is 41.4 Å². The summed E-state index contributed by atoms with van der Waals surface area (Å²) in [6.45, 7) is 2.54. The molecule has 1 aromatic carbocycles. The largest absolute Gasteiger partial charge is 0.307 e. The maximum Gasteiger partial charge on any atom is 0.288 e. The van der Waals surface area contributed by atoms with E-state index in [1.165, 1.54) is 11.8 Å². The number of aryl methyl sites for hydroxylation is 1. The van der Waals surface area contributed by atoms with Crippen LogP contribution in [0.1, 0.15) is 11.1 Å². The van der Waals surface area contributed by atoms with Gasteiger partial charge in [0.25, 0.3) is 5.56 Å². The van der Waals surface area contributed by atoms with Crippen LogP contribution in [0.15, 0.2) is 41.5 Å². The van der Waals surface area contributed by atoms with Gasteiger partial charge in [0.1, 0.15) is 0 Å². The van der Waals surface area contributed by atoms with Crippen LogP contribution in [0.5, 0.6) is 0 Å². The number of hydrogen-bond donors (Lipinski definition) is 0. The molecule has 0 amide bonds. The molecular formula is C12H11ClN2O. The lowest BCUT2D eigenvalue weighted by Gasteiger charge is -2.05. The third-order valence-corrected chi connectivity index (χ3v) is 2.60. The Kier molecular flexibility index (Phi) is 3.06. The Bertz CT molecular complexity index is 546. The minimum atomic E-state index is -0.259. The molecular weight excluding hydrogens is 224 g/mol. The Morgan fingerprint density at radius 1 is 1.31 bits per heavy atom. The van der Waals surface area contributed by atoms with Gasteiger partial charge in [0.2, 0.25) is 0 Å². The Morgan fingerprint density at radius 3 is 2.69 bits per heavy atom. The highest BCUT2D eigenvalue weighted by atomic mass is 35.5. The van der Waals surface area contributed by atoms with Crippen molar-refractivity contribution in [2.24, 2.45) is 0 Å². The van der Waals surface area contributed by atoms with E-state index in [-0.39, 0.29) is 10.7 Å². The minimum absolute atomic E-state index is 0.00890. The molecule has 0 aliphatic carbocycles. The first-order chi connectivity index (χ1) is 7.66. The average Bonchev–Trinajstić information content (AvgIpc) is 2.28. The van der Waals surface area contributed by atoms with Crippen molar-refractivity contribution in [2.45, 2.75) is 13.5 Å². The van der Waals surface area contributed by atoms with Crippen molar-refractivity contribution in [3.05, 3.63) is 63.3 Å². The minimum Gasteiger partial charge on any atom is -0.307 e. The SMILES string of the molecule is Cc1ccc(Cn2ccnc(Cl)c2=O)cc1. The normalized spacial score (nSPS) is 10.4. The summed E-state index contributed by atoms with van der Waals surface area (Å²) in [6, 6.07) is 8.03. The first kappa shape index (κ1) is 10.9. The Balaban J connectivity index is 2.31. The number of hydrogen-bond acceptors (Lipinski definition) is 2. The van der Waals surface area contributed by atoms with Crippen molar-refractivity contribution in [3.63, 3.8) is 0 Å². The lowest BCUT2D eigenvalue weighted by molar-refractivity contribution is 0.748. The van der Waals surface area contributed by atoms with Gasteiger partial charge < -0.3 is 4.57 Å². The molecule has 0 fully saturated rings. The second kappa shape index (κ2) is 4.49. The van der Waals surface area contributed by atoms with Gasteiger partial charge >= 0.3 is 0 Å². The van der Waals surface area contributed by atoms with Gasteiger partial charge in [-0.2, -0.15) is 0 Å². The fraction of sp³-hybridized carbons (Fsp3) is 0.167. The molecule has 0 bridgehead atoms. The van der Waals surface area contributed by atoms with Crippen molar-refractivity contribution in [3.8, 4) is 0 Å². The predicted octanol–water partition coefficient (Wildman–Crippen LogP) is 2.25. The molecule has 0 spiro atoms. The fourth-order valence-corrected chi connectivity index (χ4v) is 1.60. The number of halogens is 1. The van der Waals surface area contributed by atoms with Crippen molar-refractivity contribution >= 4 is 11.6 Å². The van der Waals surface area contributed by atoms with Crippen molar-refractivity contribution < 1.29 is 0 Å². The molecule has 0 unspecified atom stereocenters. The van der Waals surface area contributed by atoms with Crippen LogP contribution >= 0.6 is 11.6 Å². The van der Waals surface area contributed by atoms with E-state index in [1.807, 2.05) is 31.2 Å². The highest BCUT2D eigenvalue weighted by molar-refractivity contribution is 6.29. The zero-order valence-corrected chi connectivity index (χ0v) is 9.61. The van der Waals surface area contributed by atoms with E-state index in [2.05, 4.69) is 4.98 Å². The number of aromatic nitrogens is 2. The second-order valence-electron chi connectivity index (χ2n) is 3.64. The fourth-order valence-electron chi connectivity index (χ4n) is 1.44. The summed E-state index contributed by atoms with van der Waals surface area (Å²) < 4.78 is 1.54. The molecule has 4 heteroatoms. The van der Waals surface area contributed by atoms with E-state index in [9.17, 15) is 4.79 Å². The first-order valence-corrected chi connectivity index (χ1v) is 5.31. The quantitative estimate of drug-likeness (QED) is 0.799. The number of benzene rings is 1. The van der Waals surface area contributed by atoms with Gasteiger partial charge in [0.05, 0.1) is 6.54 Å². The van der Waals surface area contributed by atoms with Crippen LogP contribution in [-0.2, 0) is 6.54 Å². The smallest absolute Gasteiger partial charge is 0.288 e. The second-order valence-corrected chi connectivity index (χ2v) is 3.99. The highest BCUT2D eigenvalue weighted by Crippen LogP contribution is 2.04. The third-order valence-electron chi connectivity index (χ3n) is 2.35. The molecule has 2 aromatic rings. The van der Waals surface area contributed by atoms with E-state index in [0.717, 1.165) is 5.56 Å². The van der Waals surface area contributed by atoms with Crippen molar-refractivity contribution in [1.29, 1.82) is 0 Å². The van der Waals surface area contributed by atoms with E-state index in [0.29, 0.717) is 6.54 Å². The van der Waals surface area contributed by atoms with E-state index in [1.54, 1.807) is 10.8 Å². The summed E-state index contributed by atoms with van der Waals surface area (Å²) in [4.78, 5) is 15.3. The van der Waals surface area contributed by atoms with Crippen LogP contribution in [0, 0.1) is 6.92 Å². The summed E-state index contributed by atoms with van der Waals surface area (Å²) in [5.41, 5.74) is 2.00. The topological polar surface area (TPSA) is 34.9 Å². The van der Waals surface area contributed by atoms with Gasteiger partial charge in [-0.05, 0) is 12.5 Å². The molecule has 2 rings (SSSR count). The standard InChI is InChI=1S/C12H11ClN2O/c1-9-2-4-10(5-3-9)8-15-7-6-14-11(13)12(15)16/h2-7H,8H2,1H3. The monoisotopic (exact) mass is 234 g/mol. The summed E-state index contributed by atoms with van der Waals surface area (Å²) in [5.74, 6) is 0. The molecule has 0 radical (unpaired) electrons. The van der Waals surface area contributed by atoms with Crippen LogP contribution in [-0.4, -0.2) is 9.55 Å². The molecule has 82 valence electrons.